The van der Waals surface area contributed by atoms with Gasteiger partial charge in [0, 0.05) is 0 Å². The summed E-state index contributed by atoms with van der Waals surface area (Å²) in [5, 5.41) is 30.0. The van der Waals surface area contributed by atoms with E-state index in [1.54, 1.807) is 0 Å². The Morgan fingerprint density at radius 3 is 0.914 bits per heavy atom. The van der Waals surface area contributed by atoms with E-state index in [1.807, 2.05) is 0 Å². The molecule has 14 heteroatoms. The quantitative estimate of drug-likeness (QED) is 0.107. The minimum absolute atomic E-state index is 0. The molecule has 0 aromatic heterocycles. The number of nitrogens with one attached hydrogen (secondary N) is 6. The zero-order valence-electron chi connectivity index (χ0n) is 40.1. The van der Waals surface area contributed by atoms with Crippen molar-refractivity contribution in [3.8, 4) is 0 Å². The van der Waals surface area contributed by atoms with E-state index >= 15 is 0 Å². The summed E-state index contributed by atoms with van der Waals surface area (Å²) in [4.78, 5) is 5.74. The Labute approximate surface area is 447 Å². The summed E-state index contributed by atoms with van der Waals surface area (Å²) in [6.07, 6.45) is 18.2. The van der Waals surface area contributed by atoms with E-state index in [9.17, 15) is 0 Å². The normalized spacial score (nSPS) is 42.7. The Balaban J connectivity index is 0.00000480. The number of benzene rings is 4. The molecule has 4 aromatic carbocycles. The number of fused-ring (bicyclic) bond motifs is 16. The third kappa shape index (κ3) is 9.46. The summed E-state index contributed by atoms with van der Waals surface area (Å²) in [5.74, 6) is 4.92. The van der Waals surface area contributed by atoms with Crippen molar-refractivity contribution in [1.82, 2.24) is 39.7 Å². The predicted molar refractivity (Wildman–Crippen MR) is 286 cm³/mol. The second kappa shape index (κ2) is 21.1. The van der Waals surface area contributed by atoms with Crippen LogP contribution < -0.4 is 44.3 Å². The predicted octanol–water partition coefficient (Wildman–Crippen LogP) is 6.67. The van der Waals surface area contributed by atoms with Gasteiger partial charge in [0.1, 0.15) is 0 Å². The van der Waals surface area contributed by atoms with Gasteiger partial charge in [-0.25, -0.2) is 0 Å². The Morgan fingerprint density at radius 2 is 0.586 bits per heavy atom. The Kier molecular flexibility index (Phi) is 14.6. The van der Waals surface area contributed by atoms with Gasteiger partial charge in [-0.15, -0.1) is 0 Å². The van der Waals surface area contributed by atoms with Crippen LogP contribution in [0.1, 0.15) is 77.0 Å². The topological polar surface area (TPSA) is 78.7 Å². The fourth-order valence-electron chi connectivity index (χ4n) is 15.9. The molecule has 4 saturated carbocycles. The van der Waals surface area contributed by atoms with Gasteiger partial charge < -0.3 is 12.4 Å². The molecule has 6 N–H and O–H groups in total. The fourth-order valence-corrected chi connectivity index (χ4v) is 23.1. The van der Waals surface area contributed by atoms with Gasteiger partial charge in [-0.2, -0.15) is 0 Å². The molecule has 10 fully saturated rings. The van der Waals surface area contributed by atoms with Crippen LogP contribution in [-0.4, -0.2) is 93.8 Å². The van der Waals surface area contributed by atoms with Crippen molar-refractivity contribution in [3.63, 3.8) is 0 Å². The van der Waals surface area contributed by atoms with Crippen LogP contribution in [0.5, 0.6) is 0 Å². The first-order valence-electron chi connectivity index (χ1n) is 26.9. The third-order valence-corrected chi connectivity index (χ3v) is 25.9. The molecule has 6 bridgehead atoms. The van der Waals surface area contributed by atoms with Crippen molar-refractivity contribution in [3.05, 3.63) is 121 Å². The maximum atomic E-state index is 4.64. The molecular formula is C56H70AlClN8S4. The zero-order chi connectivity index (χ0) is 45.4. The van der Waals surface area contributed by atoms with Crippen molar-refractivity contribution in [2.75, 3.05) is 0 Å². The molecule has 4 aromatic rings. The SMILES string of the molecule is [Cl-].c1ccc(SC2CCC3C4NC(NC5C6CCC(Sc7ccccc7)CC6C6NC7NC(NC8C9CCC(Sc%10ccccc%10)CC9C(N4)[N]8[Al+][N]56)C4CC(Sc5ccccc5)CCC74)C3C2)cc1. The van der Waals surface area contributed by atoms with Crippen LogP contribution in [-0.2, 0) is 0 Å². The average Bonchev–Trinajstić information content (AvgIpc) is 4.07. The van der Waals surface area contributed by atoms with Gasteiger partial charge in [-0.05, 0) is 0 Å². The third-order valence-electron chi connectivity index (χ3n) is 18.8. The number of halogens is 1. The first kappa shape index (κ1) is 48.4. The molecule has 0 radical (unpaired) electrons. The van der Waals surface area contributed by atoms with E-state index in [0.717, 1.165) is 0 Å². The summed E-state index contributed by atoms with van der Waals surface area (Å²) in [5.41, 5.74) is 0. The molecule has 8 nitrogen and oxygen atoms in total. The van der Waals surface area contributed by atoms with E-state index in [-0.39, 0.29) is 28.1 Å². The van der Waals surface area contributed by atoms with Crippen LogP contribution in [0.4, 0.5) is 0 Å². The molecule has 6 saturated heterocycles. The minimum atomic E-state index is -0.160. The van der Waals surface area contributed by atoms with Crippen LogP contribution >= 0.6 is 47.0 Å². The second-order valence-electron chi connectivity index (χ2n) is 22.5. The molecule has 70 heavy (non-hydrogen) atoms. The van der Waals surface area contributed by atoms with E-state index in [0.29, 0.717) is 118 Å². The summed E-state index contributed by atoms with van der Waals surface area (Å²) in [6.45, 7) is 0. The number of hydrogen-bond donors (Lipinski definition) is 6. The number of nitrogens with zero attached hydrogens (tertiary/aromatic N) is 2. The molecular weight excluding hydrogens is 975 g/mol. The van der Waals surface area contributed by atoms with E-state index < -0.39 is 0 Å². The molecule has 20 unspecified atom stereocenters. The van der Waals surface area contributed by atoms with E-state index in [4.69, 9.17) is 0 Å². The summed E-state index contributed by atoms with van der Waals surface area (Å²) >= 11 is 8.46. The first-order chi connectivity index (χ1) is 34.1. The standard InChI is InChI=1S/C56H70N8S4.Al.ClH/c1-5-13-33(14-6-1)65-37-21-25-41-45(29-37)53-57-49(41)62-54-47-31-39(67-35-17-9-3-10-18-35)23-27-43(47)51(59-54)64-56-48-32-40(68-36-19-11-4-12-20-36)24-28-44(48)52(60-56)63-55-46-30-38(66-34-15-7-2-8-16-34)22-26-42(46)50(58-55)61-53;;/h1-20,37-57,60-64H,21-32H2;;1H/q-2;+3;/p-1. The molecule has 0 amide bonds. The zero-order valence-corrected chi connectivity index (χ0v) is 45.2. The summed E-state index contributed by atoms with van der Waals surface area (Å²) < 4.78 is 6.25. The van der Waals surface area contributed by atoms with Crippen LogP contribution in [0.15, 0.2) is 141 Å². The molecule has 0 spiro atoms. The van der Waals surface area contributed by atoms with Gasteiger partial charge >= 0.3 is 438 Å². The average molecular weight is 1050 g/mol. The van der Waals surface area contributed by atoms with Crippen LogP contribution in [0.3, 0.4) is 0 Å². The van der Waals surface area contributed by atoms with Gasteiger partial charge in [0.15, 0.2) is 0 Å². The monoisotopic (exact) mass is 1040 g/mol. The summed E-state index contributed by atoms with van der Waals surface area (Å²) in [7, 11) is 0. The van der Waals surface area contributed by atoms with Crippen LogP contribution in [0.25, 0.3) is 0 Å². The van der Waals surface area contributed by atoms with Crippen molar-refractivity contribution in [2.45, 2.75) is 167 Å². The fraction of sp³-hybridized carbons (Fsp3) is 0.571. The molecule has 6 aliphatic heterocycles. The van der Waals surface area contributed by atoms with Gasteiger partial charge in [0.2, 0.25) is 0 Å². The van der Waals surface area contributed by atoms with E-state index in [2.05, 4.69) is 208 Å². The first-order valence-corrected chi connectivity index (χ1v) is 31.5. The van der Waals surface area contributed by atoms with Gasteiger partial charge in [-0.1, -0.05) is 0 Å². The van der Waals surface area contributed by atoms with E-state index in [1.165, 1.54) is 96.6 Å². The van der Waals surface area contributed by atoms with Crippen LogP contribution in [0.2, 0.25) is 0 Å². The van der Waals surface area contributed by atoms with Crippen molar-refractivity contribution < 1.29 is 12.4 Å². The van der Waals surface area contributed by atoms with Gasteiger partial charge in [-0.3, -0.25) is 0 Å². The van der Waals surface area contributed by atoms with Crippen molar-refractivity contribution in [2.24, 2.45) is 47.3 Å². The second-order valence-corrected chi connectivity index (χ2v) is 29.4. The van der Waals surface area contributed by atoms with Crippen molar-refractivity contribution >= 4 is 62.7 Å². The number of rotatable bonds is 8. The number of hydrogen-bond acceptors (Lipinski definition) is 12. The Morgan fingerprint density at radius 1 is 0.314 bits per heavy atom. The Bertz CT molecular complexity index is 2210. The molecule has 14 rings (SSSR count). The molecule has 4 aliphatic carbocycles. The molecule has 20 atom stereocenters. The van der Waals surface area contributed by atoms with Gasteiger partial charge in [0.25, 0.3) is 0 Å². The maximum absolute atomic E-state index is 4.64. The molecule has 10 aliphatic rings. The van der Waals surface area contributed by atoms with Crippen LogP contribution in [0, 0.1) is 47.3 Å². The molecule has 6 heterocycles. The number of thioether (sulfide) groups is 4. The summed E-state index contributed by atoms with van der Waals surface area (Å²) in [6, 6.07) is 45.2. The van der Waals surface area contributed by atoms with Gasteiger partial charge in [0.05, 0.1) is 0 Å². The molecule has 368 valence electrons. The Hall–Kier alpha value is -1.22. The van der Waals surface area contributed by atoms with Crippen molar-refractivity contribution in [1.29, 1.82) is 0 Å².